The maximum Gasteiger partial charge on any atom is 0.150 e. The van der Waals surface area contributed by atoms with Crippen LogP contribution in [0.3, 0.4) is 0 Å². The van der Waals surface area contributed by atoms with E-state index in [1.807, 2.05) is 0 Å². The Morgan fingerprint density at radius 1 is 1.06 bits per heavy atom. The van der Waals surface area contributed by atoms with Crippen molar-refractivity contribution >= 4 is 39.2 Å². The lowest BCUT2D eigenvalue weighted by Gasteiger charge is -2.26. The molecule has 2 unspecified atom stereocenters. The van der Waals surface area contributed by atoms with Gasteiger partial charge in [0.15, 0.2) is 0 Å². The molecular weight excluding hydrogens is 279 g/mol. The number of hydrogen-bond donors (Lipinski definition) is 2. The van der Waals surface area contributed by atoms with Crippen LogP contribution in [-0.2, 0) is 0 Å². The fraction of sp³-hybridized carbons (Fsp3) is 0. The molecule has 2 atom stereocenters. The third-order valence-corrected chi connectivity index (χ3v) is 5.01. The molecule has 0 spiro atoms. The lowest BCUT2D eigenvalue weighted by molar-refractivity contribution is 0.112. The molecule has 9 heteroatoms. The quantitative estimate of drug-likeness (QED) is 0.648. The zero-order chi connectivity index (χ0) is 12.1. The van der Waals surface area contributed by atoms with Crippen LogP contribution in [-0.4, -0.2) is 17.2 Å². The number of benzene rings is 1. The molecule has 0 radical (unpaired) electrons. The molecule has 0 bridgehead atoms. The molecule has 0 aliphatic carbocycles. The molecule has 1 fully saturated rings. The van der Waals surface area contributed by atoms with E-state index in [2.05, 4.69) is 9.72 Å². The monoisotopic (exact) mass is 289 g/mol. The Morgan fingerprint density at radius 2 is 1.65 bits per heavy atom. The van der Waals surface area contributed by atoms with Crippen LogP contribution in [0.4, 0.5) is 0 Å². The zero-order valence-corrected chi connectivity index (χ0v) is 11.6. The van der Waals surface area contributed by atoms with Gasteiger partial charge in [-0.15, -0.1) is 0 Å². The first-order chi connectivity index (χ1) is 8.31. The largest absolute Gasteiger partial charge is 0.397 e. The summed E-state index contributed by atoms with van der Waals surface area (Å²) in [5.41, 5.74) is 0.854. The fourth-order valence-electron chi connectivity index (χ4n) is 1.20. The highest BCUT2D eigenvalue weighted by atomic mass is 31.2. The number of hydrogen-bond acceptors (Lipinski definition) is 6. The molecule has 0 saturated carbocycles. The van der Waals surface area contributed by atoms with Crippen LogP contribution in [0, 0.1) is 0 Å². The van der Waals surface area contributed by atoms with Crippen LogP contribution < -0.4 is 14.6 Å². The van der Waals surface area contributed by atoms with Gasteiger partial charge in [-0.2, -0.15) is 0 Å². The number of carbonyl (C=O) groups is 2. The summed E-state index contributed by atoms with van der Waals surface area (Å²) >= 11 is 0. The van der Waals surface area contributed by atoms with Gasteiger partial charge in [0.2, 0.25) is 0 Å². The van der Waals surface area contributed by atoms with Crippen molar-refractivity contribution in [3.8, 4) is 5.75 Å². The van der Waals surface area contributed by atoms with Gasteiger partial charge in [-0.3, -0.25) is 19.3 Å². The van der Waals surface area contributed by atoms with E-state index in [-0.39, 0.29) is 0 Å². The Labute approximate surface area is 103 Å². The molecule has 2 rings (SSSR count). The predicted octanol–water partition coefficient (Wildman–Crippen LogP) is 1.63. The second-order valence-corrected chi connectivity index (χ2v) is 7.01. The number of nitrogens with one attached hydrogen (secondary N) is 2. The molecule has 1 saturated heterocycles. The lowest BCUT2D eigenvalue weighted by Crippen LogP contribution is -2.19. The number of carbonyl (C=O) groups excluding carboxylic acids is 2. The number of aldehydes is 2. The molecule has 0 amide bonds. The van der Waals surface area contributed by atoms with Gasteiger partial charge in [-0.1, -0.05) is 4.60 Å². The van der Waals surface area contributed by atoms with Crippen LogP contribution in [0.5, 0.6) is 5.75 Å². The summed E-state index contributed by atoms with van der Waals surface area (Å²) in [5, 5.41) is 0. The van der Waals surface area contributed by atoms with E-state index in [1.54, 1.807) is 16.7 Å². The summed E-state index contributed by atoms with van der Waals surface area (Å²) < 4.78 is 1.72. The molecule has 1 aromatic rings. The topological polar surface area (TPSA) is 70.7 Å². The van der Waals surface area contributed by atoms with Crippen molar-refractivity contribution in [2.24, 2.45) is 0 Å². The Bertz CT molecular complexity index is 399. The van der Waals surface area contributed by atoms with Gasteiger partial charge >= 0.3 is 0 Å². The van der Waals surface area contributed by atoms with Gasteiger partial charge in [0.25, 0.3) is 0 Å². The van der Waals surface area contributed by atoms with Crippen LogP contribution in [0.15, 0.2) is 18.2 Å². The van der Waals surface area contributed by atoms with Crippen molar-refractivity contribution in [2.75, 3.05) is 0 Å². The van der Waals surface area contributed by atoms with Gasteiger partial charge in [0.1, 0.15) is 18.3 Å². The van der Waals surface area contributed by atoms with Crippen LogP contribution in [0.2, 0.25) is 0 Å². The van der Waals surface area contributed by atoms with Gasteiger partial charge in [-0.25, -0.2) is 0 Å². The van der Waals surface area contributed by atoms with E-state index in [0.717, 1.165) is 0 Å². The minimum Gasteiger partial charge on any atom is -0.397 e. The van der Waals surface area contributed by atoms with Gasteiger partial charge in [0, 0.05) is 20.0 Å². The normalized spacial score (nSPS) is 20.7. The first-order valence-corrected chi connectivity index (χ1v) is 7.51. The standard InChI is InChI=1S/C8H10N3O3P3/c12-4-6-1-7(5-13)3-8(2-6)14-11-16-9-15-10-17-11/h1-5,9-10,15-17H. The van der Waals surface area contributed by atoms with Crippen molar-refractivity contribution < 1.29 is 14.4 Å². The van der Waals surface area contributed by atoms with Crippen molar-refractivity contribution in [2.45, 2.75) is 0 Å². The Morgan fingerprint density at radius 3 is 2.18 bits per heavy atom. The minimum absolute atomic E-state index is 0.360. The third kappa shape index (κ3) is 3.75. The molecular formula is C8H10N3O3P3. The Kier molecular flexibility index (Phi) is 4.93. The molecule has 17 heavy (non-hydrogen) atoms. The van der Waals surface area contributed by atoms with E-state index in [1.165, 1.54) is 6.07 Å². The summed E-state index contributed by atoms with van der Waals surface area (Å²) in [7, 11) is 1.25. The average Bonchev–Trinajstić information content (AvgIpc) is 2.39. The number of rotatable bonds is 4. The summed E-state index contributed by atoms with van der Waals surface area (Å²) in [5.74, 6) is 0.491. The number of nitrogens with zero attached hydrogens (tertiary/aromatic N) is 1. The smallest absolute Gasteiger partial charge is 0.150 e. The SMILES string of the molecule is O=Cc1cc(C=O)cc(ON2PNPNP2)c1. The van der Waals surface area contributed by atoms with Gasteiger partial charge in [0.05, 0.1) is 17.8 Å². The summed E-state index contributed by atoms with van der Waals surface area (Å²) in [6.07, 6.45) is 1.39. The highest BCUT2D eigenvalue weighted by molar-refractivity contribution is 7.65. The van der Waals surface area contributed by atoms with Gasteiger partial charge in [-0.05, 0) is 18.2 Å². The molecule has 90 valence electrons. The van der Waals surface area contributed by atoms with E-state index < -0.39 is 0 Å². The summed E-state index contributed by atoms with van der Waals surface area (Å²) in [6.45, 7) is 0. The van der Waals surface area contributed by atoms with Crippen LogP contribution >= 0.6 is 26.6 Å². The predicted molar refractivity (Wildman–Crippen MR) is 70.9 cm³/mol. The Balaban J connectivity index is 2.13. The second-order valence-electron chi connectivity index (χ2n) is 3.06. The highest BCUT2D eigenvalue weighted by Gasteiger charge is 2.12. The average molecular weight is 289 g/mol. The van der Waals surface area contributed by atoms with Crippen LogP contribution in [0.25, 0.3) is 0 Å². The zero-order valence-electron chi connectivity index (χ0n) is 8.56. The van der Waals surface area contributed by atoms with E-state index in [9.17, 15) is 9.59 Å². The molecule has 6 nitrogen and oxygen atoms in total. The molecule has 1 heterocycles. The van der Waals surface area contributed by atoms with E-state index in [0.29, 0.717) is 56.1 Å². The summed E-state index contributed by atoms with van der Waals surface area (Å²) in [4.78, 5) is 33.2. The lowest BCUT2D eigenvalue weighted by atomic mass is 10.1. The van der Waals surface area contributed by atoms with Gasteiger partial charge < -0.3 is 4.84 Å². The molecule has 1 aromatic carbocycles. The molecule has 1 aliphatic heterocycles. The maximum atomic E-state index is 10.7. The Hall–Kier alpha value is -0.470. The minimum atomic E-state index is 0.360. The maximum absolute atomic E-state index is 10.7. The third-order valence-electron chi connectivity index (χ3n) is 1.86. The first-order valence-electron chi connectivity index (χ1n) is 4.61. The first kappa shape index (κ1) is 13.0. The molecule has 0 aromatic heterocycles. The fourth-order valence-corrected chi connectivity index (χ4v) is 4.81. The van der Waals surface area contributed by atoms with Crippen molar-refractivity contribution in [3.05, 3.63) is 29.3 Å². The second kappa shape index (κ2) is 6.46. The summed E-state index contributed by atoms with van der Waals surface area (Å²) in [6, 6.07) is 4.73. The van der Waals surface area contributed by atoms with Crippen molar-refractivity contribution in [3.63, 3.8) is 0 Å². The van der Waals surface area contributed by atoms with E-state index in [4.69, 9.17) is 4.84 Å². The highest BCUT2D eigenvalue weighted by Crippen LogP contribution is 2.38. The van der Waals surface area contributed by atoms with Crippen LogP contribution in [0.1, 0.15) is 20.7 Å². The molecule has 1 aliphatic rings. The van der Waals surface area contributed by atoms with Crippen molar-refractivity contribution in [1.29, 1.82) is 0 Å². The van der Waals surface area contributed by atoms with Crippen molar-refractivity contribution in [1.82, 2.24) is 14.3 Å². The molecule has 2 N–H and O–H groups in total. The van der Waals surface area contributed by atoms with E-state index >= 15 is 0 Å².